The predicted molar refractivity (Wildman–Crippen MR) is 45.8 cm³/mol. The second-order valence-corrected chi connectivity index (χ2v) is 4.61. The van der Waals surface area contributed by atoms with Crippen molar-refractivity contribution in [2.45, 2.75) is 17.2 Å². The van der Waals surface area contributed by atoms with Crippen molar-refractivity contribution in [2.24, 2.45) is 0 Å². The van der Waals surface area contributed by atoms with E-state index in [0.29, 0.717) is 0 Å². The fourth-order valence-electron chi connectivity index (χ4n) is 0.774. The van der Waals surface area contributed by atoms with E-state index in [1.165, 1.54) is 0 Å². The normalized spacial score (nSPS) is 15.0. The van der Waals surface area contributed by atoms with Gasteiger partial charge in [0.2, 0.25) is 10.0 Å². The highest BCUT2D eigenvalue weighted by atomic mass is 32.2. The van der Waals surface area contributed by atoms with Crippen LogP contribution in [0.1, 0.15) is 0 Å². The van der Waals surface area contributed by atoms with Crippen LogP contribution >= 0.6 is 0 Å². The third-order valence-corrected chi connectivity index (χ3v) is 3.02. The van der Waals surface area contributed by atoms with Gasteiger partial charge in [-0.3, -0.25) is 5.10 Å². The number of aliphatic hydroxyl groups is 1. The number of nitrogens with one attached hydrogen (secondary N) is 2. The molecule has 0 aliphatic rings. The van der Waals surface area contributed by atoms with Gasteiger partial charge in [-0.25, -0.2) is 13.1 Å². The summed E-state index contributed by atoms with van der Waals surface area (Å²) >= 11 is 0. The van der Waals surface area contributed by atoms with E-state index in [1.54, 1.807) is 4.72 Å². The van der Waals surface area contributed by atoms with E-state index >= 15 is 0 Å². The van der Waals surface area contributed by atoms with E-state index < -0.39 is 28.8 Å². The van der Waals surface area contributed by atoms with Gasteiger partial charge in [0.1, 0.15) is 4.90 Å². The second-order valence-electron chi connectivity index (χ2n) is 2.84. The molecule has 0 bridgehead atoms. The first-order valence-electron chi connectivity index (χ1n) is 3.97. The maximum atomic E-state index is 11.9. The average Bonchev–Trinajstić information content (AvgIpc) is 2.65. The lowest BCUT2D eigenvalue weighted by molar-refractivity contribution is -0.200. The lowest BCUT2D eigenvalue weighted by atomic mass is 10.4. The Morgan fingerprint density at radius 1 is 1.56 bits per heavy atom. The van der Waals surface area contributed by atoms with Gasteiger partial charge in [-0.1, -0.05) is 0 Å². The summed E-state index contributed by atoms with van der Waals surface area (Å²) in [6.45, 7) is -1.14. The lowest BCUT2D eigenvalue weighted by Gasteiger charge is -2.14. The number of nitrogens with zero attached hydrogens (tertiary/aromatic N) is 1. The predicted octanol–water partition coefficient (Wildman–Crippen LogP) is -0.389. The molecule has 0 aromatic carbocycles. The molecule has 0 aliphatic heterocycles. The maximum absolute atomic E-state index is 11.9. The number of H-pyrrole nitrogens is 1. The number of sulfonamides is 1. The number of hydrogen-bond acceptors (Lipinski definition) is 4. The summed E-state index contributed by atoms with van der Waals surface area (Å²) in [5.41, 5.74) is 0. The smallest absolute Gasteiger partial charge is 0.382 e. The van der Waals surface area contributed by atoms with Gasteiger partial charge in [0.25, 0.3) is 0 Å². The molecular formula is C6H8F3N3O3S. The van der Waals surface area contributed by atoms with Crippen LogP contribution in [0.15, 0.2) is 17.3 Å². The molecule has 1 unspecified atom stereocenters. The van der Waals surface area contributed by atoms with Gasteiger partial charge in [-0.05, 0) is 0 Å². The highest BCUT2D eigenvalue weighted by Gasteiger charge is 2.38. The molecule has 16 heavy (non-hydrogen) atoms. The van der Waals surface area contributed by atoms with Crippen LogP contribution in [-0.2, 0) is 10.0 Å². The Kier molecular flexibility index (Phi) is 3.55. The van der Waals surface area contributed by atoms with Crippen LogP contribution in [0.4, 0.5) is 13.2 Å². The first-order chi connectivity index (χ1) is 7.23. The molecule has 0 radical (unpaired) electrons. The molecule has 1 aromatic heterocycles. The molecule has 0 amide bonds. The van der Waals surface area contributed by atoms with Crippen LogP contribution in [0.25, 0.3) is 0 Å². The molecular weight excluding hydrogens is 251 g/mol. The Labute approximate surface area is 88.5 Å². The molecule has 0 aliphatic carbocycles. The van der Waals surface area contributed by atoms with Crippen LogP contribution < -0.4 is 4.72 Å². The molecule has 10 heteroatoms. The molecule has 0 fully saturated rings. The number of hydrogen-bond donors (Lipinski definition) is 3. The summed E-state index contributed by atoms with van der Waals surface area (Å²) in [6, 6.07) is 0. The van der Waals surface area contributed by atoms with E-state index in [-0.39, 0.29) is 4.90 Å². The van der Waals surface area contributed by atoms with E-state index in [4.69, 9.17) is 5.11 Å². The van der Waals surface area contributed by atoms with Crippen molar-refractivity contribution in [3.05, 3.63) is 12.4 Å². The fraction of sp³-hybridized carbons (Fsp3) is 0.500. The van der Waals surface area contributed by atoms with Crippen molar-refractivity contribution in [3.63, 3.8) is 0 Å². The Morgan fingerprint density at radius 3 is 2.62 bits per heavy atom. The summed E-state index contributed by atoms with van der Waals surface area (Å²) in [5, 5.41) is 14.1. The second kappa shape index (κ2) is 4.39. The van der Waals surface area contributed by atoms with Gasteiger partial charge in [0.05, 0.1) is 6.20 Å². The van der Waals surface area contributed by atoms with Crippen molar-refractivity contribution in [1.29, 1.82) is 0 Å². The Balaban J connectivity index is 2.63. The largest absolute Gasteiger partial charge is 0.415 e. The summed E-state index contributed by atoms with van der Waals surface area (Å²) < 4.78 is 59.8. The maximum Gasteiger partial charge on any atom is 0.415 e. The monoisotopic (exact) mass is 259 g/mol. The third kappa shape index (κ3) is 3.18. The fourth-order valence-corrected chi connectivity index (χ4v) is 1.72. The number of aromatic amines is 1. The van der Waals surface area contributed by atoms with Gasteiger partial charge in [-0.15, -0.1) is 0 Å². The van der Waals surface area contributed by atoms with Crippen molar-refractivity contribution in [3.8, 4) is 0 Å². The van der Waals surface area contributed by atoms with Crippen LogP contribution in [-0.4, -0.2) is 42.5 Å². The quantitative estimate of drug-likeness (QED) is 0.686. The number of aliphatic hydroxyl groups excluding tert-OH is 1. The highest BCUT2D eigenvalue weighted by Crippen LogP contribution is 2.19. The van der Waals surface area contributed by atoms with E-state index in [9.17, 15) is 21.6 Å². The lowest BCUT2D eigenvalue weighted by Crippen LogP contribution is -2.40. The number of halogens is 3. The van der Waals surface area contributed by atoms with E-state index in [1.807, 2.05) is 0 Å². The van der Waals surface area contributed by atoms with Gasteiger partial charge in [0.15, 0.2) is 6.10 Å². The standard InChI is InChI=1S/C6H8F3N3O3S/c7-6(8,9)5(13)3-12-16(14,15)4-1-10-11-2-4/h1-2,5,12-13H,3H2,(H,10,11). The molecule has 0 saturated carbocycles. The molecule has 1 atom stereocenters. The molecule has 0 spiro atoms. The molecule has 1 aromatic rings. The summed E-state index contributed by atoms with van der Waals surface area (Å²) in [4.78, 5) is -0.304. The third-order valence-electron chi connectivity index (χ3n) is 1.63. The van der Waals surface area contributed by atoms with Gasteiger partial charge in [0, 0.05) is 12.7 Å². The first-order valence-corrected chi connectivity index (χ1v) is 5.45. The summed E-state index contributed by atoms with van der Waals surface area (Å²) in [7, 11) is -4.08. The van der Waals surface area contributed by atoms with Crippen molar-refractivity contribution in [1.82, 2.24) is 14.9 Å². The molecule has 92 valence electrons. The minimum absolute atomic E-state index is 0.304. The van der Waals surface area contributed by atoms with Crippen molar-refractivity contribution < 1.29 is 26.7 Å². The van der Waals surface area contributed by atoms with E-state index in [0.717, 1.165) is 12.4 Å². The van der Waals surface area contributed by atoms with Gasteiger partial charge >= 0.3 is 6.18 Å². The van der Waals surface area contributed by atoms with Crippen molar-refractivity contribution >= 4 is 10.0 Å². The van der Waals surface area contributed by atoms with Crippen LogP contribution in [0, 0.1) is 0 Å². The zero-order valence-corrected chi connectivity index (χ0v) is 8.51. The Hall–Kier alpha value is -1.13. The molecule has 6 nitrogen and oxygen atoms in total. The van der Waals surface area contributed by atoms with Crippen LogP contribution in [0.2, 0.25) is 0 Å². The highest BCUT2D eigenvalue weighted by molar-refractivity contribution is 7.89. The zero-order chi connectivity index (χ0) is 12.4. The first kappa shape index (κ1) is 12.9. The Bertz CT molecular complexity index is 428. The van der Waals surface area contributed by atoms with Crippen LogP contribution in [0.3, 0.4) is 0 Å². The van der Waals surface area contributed by atoms with Gasteiger partial charge < -0.3 is 5.11 Å². The SMILES string of the molecule is O=S(=O)(NCC(O)C(F)(F)F)c1cn[nH]c1. The minimum atomic E-state index is -4.86. The zero-order valence-electron chi connectivity index (χ0n) is 7.69. The van der Waals surface area contributed by atoms with Gasteiger partial charge in [-0.2, -0.15) is 18.3 Å². The average molecular weight is 259 g/mol. The topological polar surface area (TPSA) is 95.1 Å². The number of aromatic nitrogens is 2. The minimum Gasteiger partial charge on any atom is -0.382 e. The molecule has 3 N–H and O–H groups in total. The van der Waals surface area contributed by atoms with Crippen molar-refractivity contribution in [2.75, 3.05) is 6.54 Å². The summed E-state index contributed by atoms with van der Waals surface area (Å²) in [6.07, 6.45) is -5.67. The Morgan fingerprint density at radius 2 is 2.19 bits per heavy atom. The molecule has 0 saturated heterocycles. The summed E-state index contributed by atoms with van der Waals surface area (Å²) in [5.74, 6) is 0. The number of rotatable bonds is 4. The van der Waals surface area contributed by atoms with E-state index in [2.05, 4.69) is 10.2 Å². The van der Waals surface area contributed by atoms with Crippen LogP contribution in [0.5, 0.6) is 0 Å². The molecule has 1 rings (SSSR count). The molecule has 1 heterocycles. The number of alkyl halides is 3.